The third-order valence-corrected chi connectivity index (χ3v) is 6.56. The maximum atomic E-state index is 11.4. The summed E-state index contributed by atoms with van der Waals surface area (Å²) in [4.78, 5) is 19.3. The van der Waals surface area contributed by atoms with Gasteiger partial charge in [0, 0.05) is 22.7 Å². The Morgan fingerprint density at radius 3 is 1.73 bits per heavy atom. The van der Waals surface area contributed by atoms with Crippen molar-refractivity contribution in [2.75, 3.05) is 35.5 Å². The van der Waals surface area contributed by atoms with E-state index in [-0.39, 0.29) is 17.2 Å². The van der Waals surface area contributed by atoms with Crippen LogP contribution in [0.1, 0.15) is 0 Å². The smallest absolute Gasteiger partial charge is 0.493 e. The van der Waals surface area contributed by atoms with Crippen molar-refractivity contribution >= 4 is 30.9 Å². The number of phosphoric ester groups is 1. The standard InChI is InChI=1S/C20H22NO9PS.C3H3NS/c1-25-14-6-11(7-17(20(14)29-5)30-31(22,23)24)13-10-18(32-21-13)12-8-15(26-2)19(28-4)16(9-12)27-3;1-2-4-5-3-1/h6-10H,1-5H3,(H2,22,23,24);1-3H. The van der Waals surface area contributed by atoms with Gasteiger partial charge in [0.2, 0.25) is 11.5 Å². The highest BCUT2D eigenvalue weighted by Gasteiger charge is 2.24. The second-order valence-corrected chi connectivity index (χ2v) is 9.63. The topological polar surface area (TPSA) is 139 Å². The second-order valence-electron chi connectivity index (χ2n) is 6.97. The zero-order valence-corrected chi connectivity index (χ0v) is 23.1. The normalized spacial score (nSPS) is 10.7. The van der Waals surface area contributed by atoms with Gasteiger partial charge in [-0.3, -0.25) is 9.79 Å². The molecule has 11 nitrogen and oxygen atoms in total. The van der Waals surface area contributed by atoms with E-state index in [9.17, 15) is 14.4 Å². The van der Waals surface area contributed by atoms with Gasteiger partial charge in [-0.05, 0) is 59.5 Å². The van der Waals surface area contributed by atoms with Gasteiger partial charge in [-0.2, -0.15) is 4.37 Å². The average molecular weight is 569 g/mol. The van der Waals surface area contributed by atoms with Gasteiger partial charge < -0.3 is 28.2 Å². The van der Waals surface area contributed by atoms with Crippen LogP contribution in [0.25, 0.3) is 21.7 Å². The summed E-state index contributed by atoms with van der Waals surface area (Å²) in [7, 11) is 2.51. The molecule has 0 amide bonds. The number of aromatic nitrogens is 2. The van der Waals surface area contributed by atoms with Crippen molar-refractivity contribution in [1.29, 1.82) is 0 Å². The Morgan fingerprint density at radius 1 is 0.757 bits per heavy atom. The summed E-state index contributed by atoms with van der Waals surface area (Å²) in [6.45, 7) is 0. The molecule has 2 heterocycles. The zero-order chi connectivity index (χ0) is 27.0. The summed E-state index contributed by atoms with van der Waals surface area (Å²) in [6, 6.07) is 10.4. The fourth-order valence-electron chi connectivity index (χ4n) is 3.22. The molecule has 0 fully saturated rings. The Balaban J connectivity index is 0.000000678. The summed E-state index contributed by atoms with van der Waals surface area (Å²) in [5.41, 5.74) is 1.84. The SMILES string of the molecule is COc1cc(-c2cc(-c3cc(OC)c(OC)c(OP(=O)(O)O)c3)ns2)cc(OC)c1OC.c1cnsc1. The van der Waals surface area contributed by atoms with Gasteiger partial charge in [0.1, 0.15) is 0 Å². The molecule has 198 valence electrons. The number of hydrogen-bond donors (Lipinski definition) is 2. The predicted molar refractivity (Wildman–Crippen MR) is 141 cm³/mol. The molecular formula is C23H25N2O9PS2. The highest BCUT2D eigenvalue weighted by Crippen LogP contribution is 2.48. The molecule has 0 saturated heterocycles. The van der Waals surface area contributed by atoms with Crippen LogP contribution in [-0.2, 0) is 4.57 Å². The van der Waals surface area contributed by atoms with Crippen molar-refractivity contribution in [1.82, 2.24) is 8.75 Å². The fourth-order valence-corrected chi connectivity index (χ4v) is 4.71. The maximum Gasteiger partial charge on any atom is 0.524 e. The van der Waals surface area contributed by atoms with E-state index in [0.717, 1.165) is 10.4 Å². The number of methoxy groups -OCH3 is 5. The Labute approximate surface area is 221 Å². The molecular weight excluding hydrogens is 543 g/mol. The number of nitrogens with zero attached hydrogens (tertiary/aromatic N) is 2. The number of phosphoric acid groups is 1. The Morgan fingerprint density at radius 2 is 1.30 bits per heavy atom. The van der Waals surface area contributed by atoms with Gasteiger partial charge in [-0.1, -0.05) is 0 Å². The van der Waals surface area contributed by atoms with Crippen molar-refractivity contribution < 1.29 is 42.6 Å². The molecule has 2 aromatic carbocycles. The van der Waals surface area contributed by atoms with Crippen LogP contribution in [0.3, 0.4) is 0 Å². The Hall–Kier alpha value is -3.35. The lowest BCUT2D eigenvalue weighted by molar-refractivity contribution is 0.273. The molecule has 0 saturated carbocycles. The molecule has 0 aliphatic heterocycles. The van der Waals surface area contributed by atoms with Crippen molar-refractivity contribution in [3.63, 3.8) is 0 Å². The number of benzene rings is 2. The first-order valence-electron chi connectivity index (χ1n) is 10.4. The van der Waals surface area contributed by atoms with E-state index in [1.165, 1.54) is 64.7 Å². The van der Waals surface area contributed by atoms with Crippen LogP contribution < -0.4 is 28.2 Å². The van der Waals surface area contributed by atoms with E-state index < -0.39 is 7.82 Å². The molecule has 2 N–H and O–H groups in total. The molecule has 0 aliphatic carbocycles. The van der Waals surface area contributed by atoms with Crippen LogP contribution in [0.5, 0.6) is 34.5 Å². The van der Waals surface area contributed by atoms with Crippen LogP contribution >= 0.6 is 30.9 Å². The van der Waals surface area contributed by atoms with Crippen LogP contribution in [0.15, 0.2) is 48.0 Å². The summed E-state index contributed by atoms with van der Waals surface area (Å²) in [5.74, 6) is 1.59. The minimum Gasteiger partial charge on any atom is -0.493 e. The summed E-state index contributed by atoms with van der Waals surface area (Å²) < 4.78 is 51.1. The molecule has 4 aromatic rings. The summed E-state index contributed by atoms with van der Waals surface area (Å²) >= 11 is 2.69. The molecule has 0 bridgehead atoms. The predicted octanol–water partition coefficient (Wildman–Crippen LogP) is 5.13. The maximum absolute atomic E-state index is 11.4. The number of hydrogen-bond acceptors (Lipinski definition) is 11. The molecule has 2 aromatic heterocycles. The zero-order valence-electron chi connectivity index (χ0n) is 20.5. The van der Waals surface area contributed by atoms with Crippen LogP contribution in [0.4, 0.5) is 0 Å². The quantitative estimate of drug-likeness (QED) is 0.260. The molecule has 4 rings (SSSR count). The lowest BCUT2D eigenvalue weighted by Gasteiger charge is -2.15. The monoisotopic (exact) mass is 568 g/mol. The van der Waals surface area contributed by atoms with Gasteiger partial charge in [-0.25, -0.2) is 8.94 Å². The van der Waals surface area contributed by atoms with E-state index in [0.29, 0.717) is 28.5 Å². The first kappa shape index (κ1) is 28.2. The van der Waals surface area contributed by atoms with Gasteiger partial charge in [-0.15, -0.1) is 0 Å². The lowest BCUT2D eigenvalue weighted by Crippen LogP contribution is -1.97. The third kappa shape index (κ3) is 7.12. The van der Waals surface area contributed by atoms with Crippen LogP contribution in [0, 0.1) is 0 Å². The second kappa shape index (κ2) is 12.7. The van der Waals surface area contributed by atoms with Gasteiger partial charge >= 0.3 is 7.82 Å². The first-order chi connectivity index (χ1) is 17.7. The average Bonchev–Trinajstić information content (AvgIpc) is 3.62. The van der Waals surface area contributed by atoms with Crippen LogP contribution in [0.2, 0.25) is 0 Å². The first-order valence-corrected chi connectivity index (χ1v) is 13.5. The van der Waals surface area contributed by atoms with E-state index >= 15 is 0 Å². The number of ether oxygens (including phenoxy) is 5. The third-order valence-electron chi connectivity index (χ3n) is 4.76. The van der Waals surface area contributed by atoms with Gasteiger partial charge in [0.05, 0.1) is 46.1 Å². The van der Waals surface area contributed by atoms with E-state index in [1.807, 2.05) is 17.5 Å². The molecule has 0 atom stereocenters. The molecule has 14 heteroatoms. The lowest BCUT2D eigenvalue weighted by atomic mass is 10.1. The number of rotatable bonds is 9. The highest BCUT2D eigenvalue weighted by atomic mass is 32.1. The van der Waals surface area contributed by atoms with Crippen molar-refractivity contribution in [2.45, 2.75) is 0 Å². The minimum atomic E-state index is -4.83. The molecule has 37 heavy (non-hydrogen) atoms. The summed E-state index contributed by atoms with van der Waals surface area (Å²) in [5, 5.41) is 1.93. The Kier molecular flexibility index (Phi) is 9.73. The van der Waals surface area contributed by atoms with E-state index in [4.69, 9.17) is 28.2 Å². The molecule has 0 aliphatic rings. The highest BCUT2D eigenvalue weighted by molar-refractivity contribution is 7.46. The largest absolute Gasteiger partial charge is 0.524 e. The van der Waals surface area contributed by atoms with Gasteiger partial charge in [0.25, 0.3) is 0 Å². The van der Waals surface area contributed by atoms with E-state index in [2.05, 4.69) is 8.75 Å². The molecule has 0 spiro atoms. The minimum absolute atomic E-state index is 0.0552. The molecule has 0 radical (unpaired) electrons. The van der Waals surface area contributed by atoms with Crippen molar-refractivity contribution in [3.8, 4) is 56.2 Å². The fraction of sp³-hybridized carbons (Fsp3) is 0.217. The van der Waals surface area contributed by atoms with E-state index in [1.54, 1.807) is 24.4 Å². The molecule has 0 unspecified atom stereocenters. The van der Waals surface area contributed by atoms with Crippen LogP contribution in [-0.4, -0.2) is 54.1 Å². The van der Waals surface area contributed by atoms with Crippen molar-refractivity contribution in [2.24, 2.45) is 0 Å². The summed E-state index contributed by atoms with van der Waals surface area (Å²) in [6.07, 6.45) is 1.77. The van der Waals surface area contributed by atoms with Crippen molar-refractivity contribution in [3.05, 3.63) is 48.0 Å². The Bertz CT molecular complexity index is 1310. The van der Waals surface area contributed by atoms with Gasteiger partial charge in [0.15, 0.2) is 23.0 Å².